The van der Waals surface area contributed by atoms with Gasteiger partial charge >= 0.3 is 0 Å². The SMILES string of the molecule is CCCC(CCC)SC[C@@H](NC(=O)c1cccnc1)C(=O)N[C@@H](Cc1cc(F)cc(F)c1)[C@@H](O)[C@H](O)[C@@H](CCOC)NC(C)=O. The Kier molecular flexibility index (Phi) is 17.0. The first-order chi connectivity index (χ1) is 21.5. The van der Waals surface area contributed by atoms with E-state index in [0.29, 0.717) is 6.07 Å². The summed E-state index contributed by atoms with van der Waals surface area (Å²) in [5.74, 6) is -3.13. The van der Waals surface area contributed by atoms with Crippen molar-refractivity contribution in [3.8, 4) is 0 Å². The molecule has 10 nitrogen and oxygen atoms in total. The van der Waals surface area contributed by atoms with E-state index >= 15 is 0 Å². The van der Waals surface area contributed by atoms with E-state index in [4.69, 9.17) is 4.74 Å². The predicted octanol–water partition coefficient (Wildman–Crippen LogP) is 3.15. The molecule has 0 unspecified atom stereocenters. The number of carbonyl (C=O) groups excluding carboxylic acids is 3. The molecule has 2 rings (SSSR count). The van der Waals surface area contributed by atoms with Gasteiger partial charge in [-0.1, -0.05) is 26.7 Å². The number of amides is 3. The third-order valence-electron chi connectivity index (χ3n) is 7.17. The molecule has 0 aliphatic carbocycles. The number of pyridine rings is 1. The van der Waals surface area contributed by atoms with E-state index in [1.807, 2.05) is 0 Å². The molecule has 0 aliphatic rings. The van der Waals surface area contributed by atoms with E-state index in [-0.39, 0.29) is 41.6 Å². The Labute approximate surface area is 268 Å². The number of benzene rings is 1. The Morgan fingerprint density at radius 3 is 2.16 bits per heavy atom. The van der Waals surface area contributed by atoms with Crippen LogP contribution in [0.3, 0.4) is 0 Å². The minimum Gasteiger partial charge on any atom is -0.388 e. The van der Waals surface area contributed by atoms with E-state index in [9.17, 15) is 33.4 Å². The van der Waals surface area contributed by atoms with Gasteiger partial charge in [0.1, 0.15) is 29.9 Å². The largest absolute Gasteiger partial charge is 0.388 e. The van der Waals surface area contributed by atoms with Crippen molar-refractivity contribution < 1.29 is 38.1 Å². The molecule has 1 aromatic heterocycles. The molecule has 1 aromatic carbocycles. The molecule has 0 saturated carbocycles. The van der Waals surface area contributed by atoms with Crippen LogP contribution in [0.1, 0.15) is 68.8 Å². The first-order valence-corrected chi connectivity index (χ1v) is 16.2. The lowest BCUT2D eigenvalue weighted by Crippen LogP contribution is -2.59. The lowest BCUT2D eigenvalue weighted by Gasteiger charge is -2.33. The molecule has 0 spiro atoms. The predicted molar refractivity (Wildman–Crippen MR) is 170 cm³/mol. The molecule has 0 radical (unpaired) electrons. The van der Waals surface area contributed by atoms with Crippen molar-refractivity contribution in [3.63, 3.8) is 0 Å². The molecular formula is C32H46F2N4O6S. The molecule has 45 heavy (non-hydrogen) atoms. The lowest BCUT2D eigenvalue weighted by molar-refractivity contribution is -0.126. The Bertz CT molecular complexity index is 1190. The molecule has 250 valence electrons. The molecule has 0 bridgehead atoms. The average molecular weight is 653 g/mol. The van der Waals surface area contributed by atoms with Crippen LogP contribution >= 0.6 is 11.8 Å². The second kappa shape index (κ2) is 20.1. The van der Waals surface area contributed by atoms with Crippen molar-refractivity contribution in [1.82, 2.24) is 20.9 Å². The normalized spacial score (nSPS) is 14.7. The number of hydrogen-bond acceptors (Lipinski definition) is 8. The van der Waals surface area contributed by atoms with Gasteiger partial charge in [0.25, 0.3) is 5.91 Å². The number of thioether (sulfide) groups is 1. The fraction of sp³-hybridized carbons (Fsp3) is 0.562. The fourth-order valence-corrected chi connectivity index (χ4v) is 6.45. The third kappa shape index (κ3) is 13.4. The first-order valence-electron chi connectivity index (χ1n) is 15.2. The van der Waals surface area contributed by atoms with Gasteiger partial charge in [-0.05, 0) is 55.5 Å². The summed E-state index contributed by atoms with van der Waals surface area (Å²) in [6, 6.07) is 2.70. The summed E-state index contributed by atoms with van der Waals surface area (Å²) in [7, 11) is 1.44. The maximum Gasteiger partial charge on any atom is 0.253 e. The lowest BCUT2D eigenvalue weighted by atomic mass is 9.92. The van der Waals surface area contributed by atoms with Crippen LogP contribution in [0.5, 0.6) is 0 Å². The van der Waals surface area contributed by atoms with E-state index in [1.54, 1.807) is 23.9 Å². The number of carbonyl (C=O) groups is 3. The maximum atomic E-state index is 14.1. The number of nitrogens with one attached hydrogen (secondary N) is 3. The van der Waals surface area contributed by atoms with Gasteiger partial charge in [0, 0.05) is 50.1 Å². The van der Waals surface area contributed by atoms with Crippen molar-refractivity contribution >= 4 is 29.5 Å². The quantitative estimate of drug-likeness (QED) is 0.147. The number of ether oxygens (including phenoxy) is 1. The van der Waals surface area contributed by atoms with Crippen LogP contribution in [0, 0.1) is 11.6 Å². The molecule has 5 N–H and O–H groups in total. The van der Waals surface area contributed by atoms with Gasteiger partial charge in [-0.2, -0.15) is 11.8 Å². The van der Waals surface area contributed by atoms with E-state index in [1.165, 1.54) is 26.4 Å². The molecular weight excluding hydrogens is 606 g/mol. The molecule has 2 aromatic rings. The molecule has 5 atom stereocenters. The summed E-state index contributed by atoms with van der Waals surface area (Å²) in [6.45, 7) is 5.55. The van der Waals surface area contributed by atoms with Gasteiger partial charge in [0.15, 0.2) is 0 Å². The number of aliphatic hydroxyl groups excluding tert-OH is 2. The number of nitrogens with zero attached hydrogens (tertiary/aromatic N) is 1. The van der Waals surface area contributed by atoms with Crippen molar-refractivity contribution in [2.24, 2.45) is 0 Å². The number of rotatable bonds is 20. The Morgan fingerprint density at radius 1 is 0.956 bits per heavy atom. The molecule has 3 amide bonds. The van der Waals surface area contributed by atoms with Gasteiger partial charge in [0.05, 0.1) is 17.6 Å². The van der Waals surface area contributed by atoms with Crippen LogP contribution in [0.4, 0.5) is 8.78 Å². The summed E-state index contributed by atoms with van der Waals surface area (Å²) in [6.07, 6.45) is 3.23. The van der Waals surface area contributed by atoms with Crippen molar-refractivity contribution in [2.75, 3.05) is 19.5 Å². The molecule has 13 heteroatoms. The maximum absolute atomic E-state index is 14.1. The zero-order valence-electron chi connectivity index (χ0n) is 26.3. The number of methoxy groups -OCH3 is 1. The second-order valence-electron chi connectivity index (χ2n) is 11.0. The smallest absolute Gasteiger partial charge is 0.253 e. The van der Waals surface area contributed by atoms with Gasteiger partial charge < -0.3 is 30.9 Å². The average Bonchev–Trinajstić information content (AvgIpc) is 2.99. The first kappa shape index (κ1) is 38.1. The van der Waals surface area contributed by atoms with Crippen molar-refractivity contribution in [2.45, 2.75) is 94.9 Å². The topological polar surface area (TPSA) is 150 Å². The van der Waals surface area contributed by atoms with Crippen LogP contribution in [0.2, 0.25) is 0 Å². The Balaban J connectivity index is 2.41. The Morgan fingerprint density at radius 2 is 1.60 bits per heavy atom. The summed E-state index contributed by atoms with van der Waals surface area (Å²) >= 11 is 1.55. The fourth-order valence-electron chi connectivity index (χ4n) is 4.94. The van der Waals surface area contributed by atoms with E-state index < -0.39 is 59.7 Å². The number of hydrogen-bond donors (Lipinski definition) is 5. The third-order valence-corrected chi connectivity index (χ3v) is 8.64. The monoisotopic (exact) mass is 652 g/mol. The molecule has 1 heterocycles. The standard InChI is InChI=1S/C32H46F2N4O6S/c1-5-8-25(9-6-2)45-19-28(38-31(42)22-10-7-12-35-18-22)32(43)37-27(16-21-14-23(33)17-24(34)15-21)30(41)29(40)26(11-13-44-4)36-20(3)39/h7,10,12,14-15,17-18,25-30,40-41H,5-6,8-9,11,13,16,19H2,1-4H3,(H,36,39)(H,37,43)(H,38,42)/t26-,27+,28-,29-,30-/m1/s1. The van der Waals surface area contributed by atoms with Crippen LogP contribution in [0.15, 0.2) is 42.7 Å². The summed E-state index contributed by atoms with van der Waals surface area (Å²) in [5, 5.41) is 30.8. The van der Waals surface area contributed by atoms with Crippen LogP contribution in [-0.2, 0) is 20.7 Å². The molecule has 0 saturated heterocycles. The highest BCUT2D eigenvalue weighted by Gasteiger charge is 2.35. The highest BCUT2D eigenvalue weighted by atomic mass is 32.2. The van der Waals surface area contributed by atoms with Gasteiger partial charge in [0.2, 0.25) is 11.8 Å². The highest BCUT2D eigenvalue weighted by molar-refractivity contribution is 7.99. The highest BCUT2D eigenvalue weighted by Crippen LogP contribution is 2.23. The van der Waals surface area contributed by atoms with E-state index in [2.05, 4.69) is 34.8 Å². The minimum atomic E-state index is -1.69. The number of halogens is 2. The minimum absolute atomic E-state index is 0.119. The van der Waals surface area contributed by atoms with Gasteiger partial charge in [-0.25, -0.2) is 8.78 Å². The zero-order valence-corrected chi connectivity index (χ0v) is 27.1. The van der Waals surface area contributed by atoms with Crippen molar-refractivity contribution in [3.05, 3.63) is 65.5 Å². The Hall–Kier alpha value is -3.13. The molecule has 0 fully saturated rings. The summed E-state index contributed by atoms with van der Waals surface area (Å²) in [4.78, 5) is 42.7. The van der Waals surface area contributed by atoms with Gasteiger partial charge in [-0.15, -0.1) is 0 Å². The number of aliphatic hydroxyl groups is 2. The second-order valence-corrected chi connectivity index (χ2v) is 12.3. The van der Waals surface area contributed by atoms with Crippen molar-refractivity contribution in [1.29, 1.82) is 0 Å². The van der Waals surface area contributed by atoms with Crippen LogP contribution in [0.25, 0.3) is 0 Å². The molecule has 0 aliphatic heterocycles. The summed E-state index contributed by atoms with van der Waals surface area (Å²) in [5.41, 5.74) is 0.366. The van der Waals surface area contributed by atoms with Crippen LogP contribution < -0.4 is 16.0 Å². The van der Waals surface area contributed by atoms with Gasteiger partial charge in [-0.3, -0.25) is 19.4 Å². The number of aromatic nitrogens is 1. The van der Waals surface area contributed by atoms with Crippen LogP contribution in [-0.4, -0.2) is 88.0 Å². The zero-order chi connectivity index (χ0) is 33.4. The summed E-state index contributed by atoms with van der Waals surface area (Å²) < 4.78 is 33.3. The van der Waals surface area contributed by atoms with E-state index in [0.717, 1.165) is 37.8 Å².